The van der Waals surface area contributed by atoms with Crippen molar-refractivity contribution < 1.29 is 54.4 Å². The fraction of sp³-hybridized carbons (Fsp3) is 0.857. The third kappa shape index (κ3) is 6.60. The van der Waals surface area contributed by atoms with Crippen molar-refractivity contribution in [1.29, 1.82) is 0 Å². The summed E-state index contributed by atoms with van der Waals surface area (Å²) in [6.07, 6.45) is -15.8. The van der Waals surface area contributed by atoms with Crippen LogP contribution >= 0.6 is 23.5 Å². The van der Waals surface area contributed by atoms with E-state index in [1.165, 1.54) is 0 Å². The minimum absolute atomic E-state index is 0.170. The maximum absolute atomic E-state index is 11.3. The summed E-state index contributed by atoms with van der Waals surface area (Å²) in [6, 6.07) is 0. The molecule has 0 bridgehead atoms. The molecule has 12 N–H and O–H groups in total. The summed E-state index contributed by atoms with van der Waals surface area (Å²) in [6.45, 7) is 0. The highest BCUT2D eigenvalue weighted by molar-refractivity contribution is 8.13. The molecular weight excluding hydrogens is 464 g/mol. The van der Waals surface area contributed by atoms with Gasteiger partial charge in [0.1, 0.15) is 36.6 Å². The van der Waals surface area contributed by atoms with Gasteiger partial charge in [-0.1, -0.05) is 23.5 Å². The monoisotopic (exact) mass is 490 g/mol. The smallest absolute Gasteiger partial charge is 0.293 e. The SMILES string of the molecule is NNC(=O)SCC1O[C@H](O[C@H]2OC(CSC(=O)NN)[C@@H](O)[C@H](O)C2O)C(O)[C@@H](O)[C@@H]1O. The van der Waals surface area contributed by atoms with E-state index < -0.39 is 71.9 Å². The molecule has 2 fully saturated rings. The highest BCUT2D eigenvalue weighted by Gasteiger charge is 2.49. The van der Waals surface area contributed by atoms with Crippen LogP contribution in [0.4, 0.5) is 9.59 Å². The van der Waals surface area contributed by atoms with E-state index in [0.717, 1.165) is 0 Å². The van der Waals surface area contributed by atoms with Gasteiger partial charge in [-0.05, 0) is 0 Å². The van der Waals surface area contributed by atoms with Crippen LogP contribution in [0.2, 0.25) is 0 Å². The van der Waals surface area contributed by atoms with Crippen molar-refractivity contribution in [2.75, 3.05) is 11.5 Å². The Hall–Kier alpha value is -0.800. The van der Waals surface area contributed by atoms with E-state index in [2.05, 4.69) is 0 Å². The highest BCUT2D eigenvalue weighted by atomic mass is 32.2. The molecule has 0 radical (unpaired) electrons. The van der Waals surface area contributed by atoms with Crippen LogP contribution < -0.4 is 22.5 Å². The van der Waals surface area contributed by atoms with Crippen molar-refractivity contribution in [2.45, 2.75) is 61.4 Å². The Morgan fingerprint density at radius 2 is 1.06 bits per heavy atom. The molecule has 0 spiro atoms. The van der Waals surface area contributed by atoms with E-state index >= 15 is 0 Å². The van der Waals surface area contributed by atoms with Crippen molar-refractivity contribution in [3.05, 3.63) is 0 Å². The summed E-state index contributed by atoms with van der Waals surface area (Å²) < 4.78 is 16.2. The van der Waals surface area contributed by atoms with Crippen molar-refractivity contribution in [3.8, 4) is 0 Å². The molecule has 0 aromatic rings. The molecule has 180 valence electrons. The van der Waals surface area contributed by atoms with Gasteiger partial charge in [0.2, 0.25) is 0 Å². The van der Waals surface area contributed by atoms with Crippen LogP contribution in [0.15, 0.2) is 0 Å². The Kier molecular flexibility index (Phi) is 10.1. The van der Waals surface area contributed by atoms with Crippen LogP contribution in [0, 0.1) is 0 Å². The van der Waals surface area contributed by atoms with Crippen molar-refractivity contribution >= 4 is 34.0 Å². The topological polar surface area (TPSA) is 259 Å². The van der Waals surface area contributed by atoms with Crippen LogP contribution in [0.1, 0.15) is 0 Å². The van der Waals surface area contributed by atoms with Crippen LogP contribution in [-0.4, -0.2) is 114 Å². The van der Waals surface area contributed by atoms with Gasteiger partial charge in [-0.2, -0.15) is 0 Å². The Morgan fingerprint density at radius 1 is 0.710 bits per heavy atom. The molecule has 0 aromatic heterocycles. The molecule has 2 amide bonds. The first-order valence-electron chi connectivity index (χ1n) is 8.92. The number of ether oxygens (including phenoxy) is 3. The minimum Gasteiger partial charge on any atom is -0.388 e. The molecule has 2 aliphatic rings. The second-order valence-corrected chi connectivity index (χ2v) is 8.64. The van der Waals surface area contributed by atoms with Gasteiger partial charge in [-0.25, -0.2) is 11.7 Å². The summed E-state index contributed by atoms with van der Waals surface area (Å²) in [5.41, 5.74) is 3.72. The number of nitrogens with one attached hydrogen (secondary N) is 2. The number of nitrogens with two attached hydrogens (primary N) is 2. The van der Waals surface area contributed by atoms with E-state index in [-0.39, 0.29) is 11.5 Å². The van der Waals surface area contributed by atoms with Crippen LogP contribution in [0.25, 0.3) is 0 Å². The Bertz CT molecular complexity index is 573. The lowest BCUT2D eigenvalue weighted by Gasteiger charge is -2.45. The van der Waals surface area contributed by atoms with E-state index in [1.54, 1.807) is 0 Å². The molecule has 0 aromatic carbocycles. The second-order valence-electron chi connectivity index (χ2n) is 6.65. The van der Waals surface area contributed by atoms with E-state index in [9.17, 15) is 40.2 Å². The number of aliphatic hydroxyl groups is 6. The van der Waals surface area contributed by atoms with Gasteiger partial charge in [0.15, 0.2) is 12.6 Å². The third-order valence-electron chi connectivity index (χ3n) is 4.60. The summed E-state index contributed by atoms with van der Waals surface area (Å²) in [4.78, 5) is 22.6. The number of thioether (sulfide) groups is 2. The molecule has 10 atom stereocenters. The van der Waals surface area contributed by atoms with Gasteiger partial charge in [-0.3, -0.25) is 20.4 Å². The van der Waals surface area contributed by atoms with E-state index in [1.807, 2.05) is 10.9 Å². The first-order valence-corrected chi connectivity index (χ1v) is 10.9. The number of aliphatic hydroxyl groups excluding tert-OH is 6. The average molecular weight is 491 g/mol. The fourth-order valence-electron chi connectivity index (χ4n) is 2.86. The zero-order valence-corrected chi connectivity index (χ0v) is 17.5. The molecule has 2 saturated heterocycles. The number of rotatable bonds is 6. The van der Waals surface area contributed by atoms with Crippen molar-refractivity contribution in [2.24, 2.45) is 11.7 Å². The highest BCUT2D eigenvalue weighted by Crippen LogP contribution is 2.30. The number of carbonyl (C=O) groups is 2. The molecule has 2 rings (SSSR count). The van der Waals surface area contributed by atoms with Gasteiger partial charge in [0.25, 0.3) is 10.5 Å². The molecule has 15 nitrogen and oxygen atoms in total. The fourth-order valence-corrected chi connectivity index (χ4v) is 4.21. The molecular formula is C14H26N4O11S2. The molecule has 2 heterocycles. The molecule has 0 saturated carbocycles. The molecule has 17 heteroatoms. The average Bonchev–Trinajstić information content (AvgIpc) is 2.77. The predicted octanol–water partition coefficient (Wildman–Crippen LogP) is -4.75. The number of amides is 2. The predicted molar refractivity (Wildman–Crippen MR) is 105 cm³/mol. The largest absolute Gasteiger partial charge is 0.388 e. The van der Waals surface area contributed by atoms with Crippen LogP contribution in [0.3, 0.4) is 0 Å². The van der Waals surface area contributed by atoms with Crippen molar-refractivity contribution in [3.63, 3.8) is 0 Å². The molecule has 4 unspecified atom stereocenters. The lowest BCUT2D eigenvalue weighted by Crippen LogP contribution is -2.63. The zero-order chi connectivity index (χ0) is 23.3. The Labute approximate surface area is 184 Å². The summed E-state index contributed by atoms with van der Waals surface area (Å²) in [5, 5.41) is 59.3. The number of carbonyl (C=O) groups excluding carboxylic acids is 2. The van der Waals surface area contributed by atoms with Gasteiger partial charge in [0.05, 0.1) is 12.2 Å². The first kappa shape index (κ1) is 26.5. The minimum atomic E-state index is -1.78. The third-order valence-corrected chi connectivity index (χ3v) is 6.35. The first-order chi connectivity index (χ1) is 14.6. The summed E-state index contributed by atoms with van der Waals surface area (Å²) in [7, 11) is 0. The molecule has 0 aliphatic carbocycles. The maximum atomic E-state index is 11.3. The van der Waals surface area contributed by atoms with Gasteiger partial charge in [-0.15, -0.1) is 0 Å². The van der Waals surface area contributed by atoms with E-state index in [0.29, 0.717) is 23.5 Å². The summed E-state index contributed by atoms with van der Waals surface area (Å²) >= 11 is 1.28. The molecule has 2 aliphatic heterocycles. The van der Waals surface area contributed by atoms with Gasteiger partial charge >= 0.3 is 0 Å². The Balaban J connectivity index is 2.06. The lowest BCUT2D eigenvalue weighted by molar-refractivity contribution is -0.369. The lowest BCUT2D eigenvalue weighted by atomic mass is 9.98. The van der Waals surface area contributed by atoms with Gasteiger partial charge < -0.3 is 44.8 Å². The normalized spacial score (nSPS) is 40.9. The second kappa shape index (κ2) is 11.9. The quantitative estimate of drug-likeness (QED) is 0.0952. The Morgan fingerprint density at radius 3 is 1.39 bits per heavy atom. The van der Waals surface area contributed by atoms with Crippen LogP contribution in [0.5, 0.6) is 0 Å². The zero-order valence-electron chi connectivity index (χ0n) is 15.9. The number of hydrazine groups is 2. The molecule has 31 heavy (non-hydrogen) atoms. The van der Waals surface area contributed by atoms with Gasteiger partial charge in [0, 0.05) is 11.5 Å². The maximum Gasteiger partial charge on any atom is 0.293 e. The number of hydrogen-bond acceptors (Lipinski definition) is 15. The van der Waals surface area contributed by atoms with Crippen molar-refractivity contribution in [1.82, 2.24) is 10.9 Å². The number of hydrogen-bond donors (Lipinski definition) is 10. The van der Waals surface area contributed by atoms with Crippen LogP contribution in [-0.2, 0) is 14.2 Å². The standard InChI is InChI=1S/C14H26N4O11S2/c15-17-13(25)30-1-3-5(19)7(21)9(23)11(27-3)29-12-10(24)8(22)6(20)4(28-12)2-31-14(26)18-16/h3-12,19-24H,1-2,15-16H2,(H,17,25)(H,18,26)/t3?,4?,5-,6-,7+,8+,9?,10?,11-,12-/m1/s1. The van der Waals surface area contributed by atoms with E-state index in [4.69, 9.17) is 25.9 Å². The summed E-state index contributed by atoms with van der Waals surface area (Å²) in [5.74, 6) is 9.60.